The third-order valence-electron chi connectivity index (χ3n) is 4.08. The summed E-state index contributed by atoms with van der Waals surface area (Å²) in [4.78, 5) is 20.0. The van der Waals surface area contributed by atoms with Crippen molar-refractivity contribution in [2.75, 3.05) is 32.0 Å². The summed E-state index contributed by atoms with van der Waals surface area (Å²) in [7, 11) is 0. The number of rotatable bonds is 2. The van der Waals surface area contributed by atoms with Crippen LogP contribution in [0.15, 0.2) is 23.6 Å². The average molecular weight is 343 g/mol. The normalized spacial score (nSPS) is 15.1. The van der Waals surface area contributed by atoms with Gasteiger partial charge in [0.05, 0.1) is 18.1 Å². The number of amides is 1. The van der Waals surface area contributed by atoms with Crippen LogP contribution in [0, 0.1) is 6.92 Å². The molecule has 4 heterocycles. The first kappa shape index (κ1) is 15.1. The lowest BCUT2D eigenvalue weighted by Gasteiger charge is -2.26. The maximum atomic E-state index is 12.6. The molecule has 124 valence electrons. The van der Waals surface area contributed by atoms with Crippen molar-refractivity contribution in [3.63, 3.8) is 0 Å². The lowest BCUT2D eigenvalue weighted by Crippen LogP contribution is -2.40. The average Bonchev–Trinajstić information content (AvgIpc) is 3.21. The summed E-state index contributed by atoms with van der Waals surface area (Å²) in [6.45, 7) is 4.34. The molecule has 0 spiro atoms. The zero-order valence-electron chi connectivity index (χ0n) is 13.2. The van der Waals surface area contributed by atoms with Gasteiger partial charge >= 0.3 is 0 Å². The van der Waals surface area contributed by atoms with E-state index in [1.807, 2.05) is 18.4 Å². The summed E-state index contributed by atoms with van der Waals surface area (Å²) in [5, 5.41) is 6.48. The molecule has 1 aliphatic rings. The quantitative estimate of drug-likeness (QED) is 0.767. The molecule has 2 N–H and O–H groups in total. The number of nitrogen functional groups attached to an aromatic ring is 1. The lowest BCUT2D eigenvalue weighted by molar-refractivity contribution is 0.0303. The maximum Gasteiger partial charge on any atom is 0.254 e. The lowest BCUT2D eigenvalue weighted by atomic mass is 10.2. The van der Waals surface area contributed by atoms with Gasteiger partial charge in [-0.25, -0.2) is 4.98 Å². The molecule has 0 unspecified atom stereocenters. The van der Waals surface area contributed by atoms with Crippen LogP contribution in [0.3, 0.4) is 0 Å². The molecule has 0 atom stereocenters. The van der Waals surface area contributed by atoms with Crippen LogP contribution in [-0.2, 0) is 4.74 Å². The molecule has 1 saturated heterocycles. The Bertz CT molecular complexity index is 910. The van der Waals surface area contributed by atoms with E-state index in [1.54, 1.807) is 32.9 Å². The molecular formula is C16H17N5O2S. The second-order valence-corrected chi connectivity index (χ2v) is 6.63. The van der Waals surface area contributed by atoms with Gasteiger partial charge in [0, 0.05) is 18.7 Å². The van der Waals surface area contributed by atoms with Crippen molar-refractivity contribution >= 4 is 28.7 Å². The Balaban J connectivity index is 1.74. The Morgan fingerprint density at radius 3 is 2.83 bits per heavy atom. The number of carbonyl (C=O) groups excluding carboxylic acids is 1. The molecule has 1 aliphatic heterocycles. The number of thiophene rings is 1. The van der Waals surface area contributed by atoms with E-state index < -0.39 is 0 Å². The van der Waals surface area contributed by atoms with Gasteiger partial charge in [0.15, 0.2) is 11.5 Å². The molecule has 3 aromatic rings. The summed E-state index contributed by atoms with van der Waals surface area (Å²) >= 11 is 1.59. The number of hydrogen-bond donors (Lipinski definition) is 1. The number of hydrogen-bond acceptors (Lipinski definition) is 6. The molecular weight excluding hydrogens is 326 g/mol. The standard InChI is InChI=1S/C16H17N5O2S/c1-10-2-7-24-14(10)15-18-13-9-11(8-12(17)21(13)19-15)16(22)20-3-5-23-6-4-20/h2,7-9H,3-6,17H2,1H3. The van der Waals surface area contributed by atoms with Gasteiger partial charge in [-0.2, -0.15) is 4.52 Å². The van der Waals surface area contributed by atoms with Crippen LogP contribution in [0.4, 0.5) is 5.82 Å². The Morgan fingerprint density at radius 2 is 2.12 bits per heavy atom. The maximum absolute atomic E-state index is 12.6. The third-order valence-corrected chi connectivity index (χ3v) is 5.09. The predicted octanol–water partition coefficient (Wildman–Crippen LogP) is 1.82. The van der Waals surface area contributed by atoms with Gasteiger partial charge in [-0.05, 0) is 36.1 Å². The van der Waals surface area contributed by atoms with Gasteiger partial charge in [-0.3, -0.25) is 4.79 Å². The number of nitrogens with zero attached hydrogens (tertiary/aromatic N) is 4. The third kappa shape index (κ3) is 2.53. The van der Waals surface area contributed by atoms with Crippen molar-refractivity contribution in [1.82, 2.24) is 19.5 Å². The van der Waals surface area contributed by atoms with Gasteiger partial charge in [0.1, 0.15) is 5.82 Å². The number of pyridine rings is 1. The SMILES string of the molecule is Cc1ccsc1-c1nc2cc(C(=O)N3CCOCC3)cc(N)n2n1. The van der Waals surface area contributed by atoms with Crippen LogP contribution in [0.2, 0.25) is 0 Å². The first-order valence-electron chi connectivity index (χ1n) is 7.71. The minimum atomic E-state index is -0.0515. The molecule has 4 rings (SSSR count). The molecule has 3 aromatic heterocycles. The summed E-state index contributed by atoms with van der Waals surface area (Å²) in [6.07, 6.45) is 0. The van der Waals surface area contributed by atoms with Crippen LogP contribution in [0.1, 0.15) is 15.9 Å². The zero-order valence-corrected chi connectivity index (χ0v) is 14.0. The Morgan fingerprint density at radius 1 is 1.33 bits per heavy atom. The Hall–Kier alpha value is -2.45. The Labute approximate surface area is 142 Å². The van der Waals surface area contributed by atoms with E-state index in [9.17, 15) is 4.79 Å². The predicted molar refractivity (Wildman–Crippen MR) is 92.2 cm³/mol. The van der Waals surface area contributed by atoms with Gasteiger partial charge in [-0.1, -0.05) is 0 Å². The Kier molecular flexibility index (Phi) is 3.70. The van der Waals surface area contributed by atoms with E-state index in [0.29, 0.717) is 49.2 Å². The van der Waals surface area contributed by atoms with Crippen molar-refractivity contribution in [2.24, 2.45) is 0 Å². The highest BCUT2D eigenvalue weighted by molar-refractivity contribution is 7.13. The number of aromatic nitrogens is 3. The summed E-state index contributed by atoms with van der Waals surface area (Å²) < 4.78 is 6.87. The second-order valence-electron chi connectivity index (χ2n) is 5.71. The number of carbonyl (C=O) groups is 1. The number of morpholine rings is 1. The molecule has 24 heavy (non-hydrogen) atoms. The highest BCUT2D eigenvalue weighted by Crippen LogP contribution is 2.27. The van der Waals surface area contributed by atoms with Crippen LogP contribution < -0.4 is 5.73 Å². The van der Waals surface area contributed by atoms with Gasteiger partial charge in [0.25, 0.3) is 5.91 Å². The van der Waals surface area contributed by atoms with E-state index in [2.05, 4.69) is 10.1 Å². The zero-order chi connectivity index (χ0) is 16.7. The van der Waals surface area contributed by atoms with Crippen LogP contribution in [0.25, 0.3) is 16.3 Å². The molecule has 0 radical (unpaired) electrons. The highest BCUT2D eigenvalue weighted by Gasteiger charge is 2.21. The molecule has 7 nitrogen and oxygen atoms in total. The van der Waals surface area contributed by atoms with Crippen molar-refractivity contribution < 1.29 is 9.53 Å². The molecule has 0 saturated carbocycles. The van der Waals surface area contributed by atoms with E-state index in [-0.39, 0.29) is 5.91 Å². The fourth-order valence-electron chi connectivity index (χ4n) is 2.78. The minimum Gasteiger partial charge on any atom is -0.384 e. The van der Waals surface area contributed by atoms with Crippen molar-refractivity contribution in [2.45, 2.75) is 6.92 Å². The molecule has 0 aromatic carbocycles. The number of fused-ring (bicyclic) bond motifs is 1. The highest BCUT2D eigenvalue weighted by atomic mass is 32.1. The van der Waals surface area contributed by atoms with Gasteiger partial charge in [0.2, 0.25) is 0 Å². The fourth-order valence-corrected chi connectivity index (χ4v) is 3.63. The fraction of sp³-hybridized carbons (Fsp3) is 0.312. The van der Waals surface area contributed by atoms with Crippen molar-refractivity contribution in [3.05, 3.63) is 34.7 Å². The van der Waals surface area contributed by atoms with Crippen LogP contribution in [0.5, 0.6) is 0 Å². The molecule has 8 heteroatoms. The van der Waals surface area contributed by atoms with E-state index in [4.69, 9.17) is 10.5 Å². The van der Waals surface area contributed by atoms with Crippen LogP contribution >= 0.6 is 11.3 Å². The van der Waals surface area contributed by atoms with Gasteiger partial charge in [-0.15, -0.1) is 16.4 Å². The smallest absolute Gasteiger partial charge is 0.254 e. The molecule has 0 bridgehead atoms. The largest absolute Gasteiger partial charge is 0.384 e. The summed E-state index contributed by atoms with van der Waals surface area (Å²) in [6, 6.07) is 5.43. The van der Waals surface area contributed by atoms with Crippen LogP contribution in [-0.4, -0.2) is 51.7 Å². The van der Waals surface area contributed by atoms with Crippen molar-refractivity contribution in [1.29, 1.82) is 0 Å². The topological polar surface area (TPSA) is 85.8 Å². The van der Waals surface area contributed by atoms with E-state index >= 15 is 0 Å². The number of aryl methyl sites for hydroxylation is 1. The number of anilines is 1. The van der Waals surface area contributed by atoms with Crippen molar-refractivity contribution in [3.8, 4) is 10.7 Å². The number of nitrogens with two attached hydrogens (primary N) is 1. The first-order chi connectivity index (χ1) is 11.6. The molecule has 1 fully saturated rings. The second kappa shape index (κ2) is 5.88. The van der Waals surface area contributed by atoms with E-state index in [0.717, 1.165) is 10.4 Å². The van der Waals surface area contributed by atoms with E-state index in [1.165, 1.54) is 0 Å². The number of ether oxygens (including phenoxy) is 1. The summed E-state index contributed by atoms with van der Waals surface area (Å²) in [5.41, 5.74) is 8.33. The van der Waals surface area contributed by atoms with Gasteiger partial charge < -0.3 is 15.4 Å². The molecule has 1 amide bonds. The molecule has 0 aliphatic carbocycles. The summed E-state index contributed by atoms with van der Waals surface area (Å²) in [5.74, 6) is 0.978. The minimum absolute atomic E-state index is 0.0515. The first-order valence-corrected chi connectivity index (χ1v) is 8.59. The monoisotopic (exact) mass is 343 g/mol.